The Morgan fingerprint density at radius 2 is 2.06 bits per heavy atom. The van der Waals surface area contributed by atoms with E-state index in [1.54, 1.807) is 0 Å². The summed E-state index contributed by atoms with van der Waals surface area (Å²) >= 11 is 0. The van der Waals surface area contributed by atoms with E-state index in [1.165, 1.54) is 6.42 Å². The summed E-state index contributed by atoms with van der Waals surface area (Å²) in [7, 11) is 0. The number of hydrogen-bond acceptors (Lipinski definition) is 3. The van der Waals surface area contributed by atoms with Crippen LogP contribution in [0.3, 0.4) is 0 Å². The van der Waals surface area contributed by atoms with E-state index in [9.17, 15) is 4.79 Å². The molecule has 17 heavy (non-hydrogen) atoms. The highest BCUT2D eigenvalue weighted by atomic mass is 35.5. The van der Waals surface area contributed by atoms with Crippen molar-refractivity contribution in [1.29, 1.82) is 0 Å². The minimum atomic E-state index is -0.419. The highest BCUT2D eigenvalue weighted by Gasteiger charge is 2.48. The monoisotopic (exact) mass is 262 g/mol. The quantitative estimate of drug-likeness (QED) is 0.788. The molecule has 0 radical (unpaired) electrons. The molecule has 0 aromatic carbocycles. The Bertz CT molecular complexity index is 291. The Morgan fingerprint density at radius 3 is 2.59 bits per heavy atom. The summed E-state index contributed by atoms with van der Waals surface area (Å²) in [5.41, 5.74) is 5.34. The molecule has 0 aromatic rings. The van der Waals surface area contributed by atoms with Gasteiger partial charge in [-0.15, -0.1) is 12.4 Å². The molecule has 0 aromatic heterocycles. The van der Waals surface area contributed by atoms with Crippen molar-refractivity contribution in [3.63, 3.8) is 0 Å². The first-order chi connectivity index (χ1) is 7.42. The fourth-order valence-electron chi connectivity index (χ4n) is 3.00. The van der Waals surface area contributed by atoms with Crippen LogP contribution in [0, 0.1) is 5.92 Å². The molecule has 3 atom stereocenters. The SMILES string of the molecule is CC(C)(C)OC(=O)N1C2CCC(C2)C1CN.Cl. The molecular formula is C12H23ClN2O2. The van der Waals surface area contributed by atoms with Gasteiger partial charge in [-0.2, -0.15) is 0 Å². The predicted molar refractivity (Wildman–Crippen MR) is 69.3 cm³/mol. The number of piperidine rings is 1. The molecule has 4 nitrogen and oxygen atoms in total. The molecule has 1 aliphatic carbocycles. The fraction of sp³-hybridized carbons (Fsp3) is 0.917. The smallest absolute Gasteiger partial charge is 0.410 e. The highest BCUT2D eigenvalue weighted by molar-refractivity contribution is 5.85. The van der Waals surface area contributed by atoms with Gasteiger partial charge >= 0.3 is 6.09 Å². The third-order valence-corrected chi connectivity index (χ3v) is 3.59. The number of fused-ring (bicyclic) bond motifs is 2. The largest absolute Gasteiger partial charge is 0.444 e. The Balaban J connectivity index is 0.00000144. The average Bonchev–Trinajstić information content (AvgIpc) is 2.72. The molecule has 1 amide bonds. The minimum absolute atomic E-state index is 0. The van der Waals surface area contributed by atoms with E-state index in [0.717, 1.165) is 12.8 Å². The lowest BCUT2D eigenvalue weighted by Gasteiger charge is -2.35. The Kier molecular flexibility index (Phi) is 4.31. The molecule has 100 valence electrons. The van der Waals surface area contributed by atoms with Crippen molar-refractivity contribution in [3.8, 4) is 0 Å². The first-order valence-electron chi connectivity index (χ1n) is 6.14. The van der Waals surface area contributed by atoms with Crippen molar-refractivity contribution in [2.45, 2.75) is 57.7 Å². The normalized spacial score (nSPS) is 31.3. The molecule has 1 heterocycles. The van der Waals surface area contributed by atoms with Crippen LogP contribution < -0.4 is 5.73 Å². The van der Waals surface area contributed by atoms with E-state index in [2.05, 4.69) is 0 Å². The molecule has 2 aliphatic rings. The van der Waals surface area contributed by atoms with Gasteiger partial charge in [0.2, 0.25) is 0 Å². The number of hydrogen-bond donors (Lipinski definition) is 1. The van der Waals surface area contributed by atoms with Crippen molar-refractivity contribution in [2.24, 2.45) is 11.7 Å². The van der Waals surface area contributed by atoms with Crippen molar-refractivity contribution >= 4 is 18.5 Å². The number of carbonyl (C=O) groups is 1. The Hall–Kier alpha value is -0.480. The molecule has 1 aliphatic heterocycles. The molecule has 5 heteroatoms. The van der Waals surface area contributed by atoms with E-state index in [0.29, 0.717) is 18.5 Å². The number of nitrogens with two attached hydrogens (primary N) is 1. The van der Waals surface area contributed by atoms with Crippen molar-refractivity contribution in [2.75, 3.05) is 6.54 Å². The van der Waals surface area contributed by atoms with Crippen LogP contribution in [0.1, 0.15) is 40.0 Å². The van der Waals surface area contributed by atoms with Gasteiger partial charge in [0.1, 0.15) is 5.60 Å². The zero-order valence-electron chi connectivity index (χ0n) is 10.8. The van der Waals surface area contributed by atoms with Gasteiger partial charge in [-0.25, -0.2) is 4.79 Å². The molecule has 1 saturated carbocycles. The van der Waals surface area contributed by atoms with E-state index in [-0.39, 0.29) is 24.5 Å². The number of likely N-dealkylation sites (tertiary alicyclic amines) is 1. The van der Waals surface area contributed by atoms with Gasteiger partial charge in [-0.1, -0.05) is 0 Å². The van der Waals surface area contributed by atoms with E-state index in [1.807, 2.05) is 25.7 Å². The molecule has 2 bridgehead atoms. The lowest BCUT2D eigenvalue weighted by molar-refractivity contribution is 0.00857. The van der Waals surface area contributed by atoms with Crippen LogP contribution in [-0.2, 0) is 4.74 Å². The van der Waals surface area contributed by atoms with Crippen molar-refractivity contribution in [1.82, 2.24) is 4.90 Å². The molecule has 1 saturated heterocycles. The maximum Gasteiger partial charge on any atom is 0.410 e. The Morgan fingerprint density at radius 1 is 1.41 bits per heavy atom. The summed E-state index contributed by atoms with van der Waals surface area (Å²) in [6.45, 7) is 6.25. The van der Waals surface area contributed by atoms with Crippen LogP contribution in [-0.4, -0.2) is 35.2 Å². The summed E-state index contributed by atoms with van der Waals surface area (Å²) in [4.78, 5) is 14.0. The number of rotatable bonds is 1. The number of amides is 1. The molecule has 0 spiro atoms. The second kappa shape index (κ2) is 5.02. The summed E-state index contributed by atoms with van der Waals surface area (Å²) in [5, 5.41) is 0. The molecular weight excluding hydrogens is 240 g/mol. The number of ether oxygens (including phenoxy) is 1. The number of carbonyl (C=O) groups excluding carboxylic acids is 1. The van der Waals surface area contributed by atoms with Crippen molar-refractivity contribution < 1.29 is 9.53 Å². The lowest BCUT2D eigenvalue weighted by Crippen LogP contribution is -2.50. The first-order valence-corrected chi connectivity index (χ1v) is 6.14. The predicted octanol–water partition coefficient (Wildman–Crippen LogP) is 2.15. The third-order valence-electron chi connectivity index (χ3n) is 3.59. The van der Waals surface area contributed by atoms with Gasteiger partial charge in [0, 0.05) is 12.6 Å². The van der Waals surface area contributed by atoms with Crippen LogP contribution in [0.15, 0.2) is 0 Å². The zero-order chi connectivity index (χ0) is 11.9. The lowest BCUT2D eigenvalue weighted by atomic mass is 9.99. The van der Waals surface area contributed by atoms with E-state index >= 15 is 0 Å². The van der Waals surface area contributed by atoms with Gasteiger partial charge in [-0.3, -0.25) is 0 Å². The summed E-state index contributed by atoms with van der Waals surface area (Å²) in [6.07, 6.45) is 3.25. The molecule has 2 fully saturated rings. The van der Waals surface area contributed by atoms with Gasteiger partial charge in [-0.05, 0) is 46.0 Å². The third kappa shape index (κ3) is 2.86. The summed E-state index contributed by atoms with van der Waals surface area (Å²) in [5.74, 6) is 0.600. The number of halogens is 1. The maximum atomic E-state index is 12.1. The summed E-state index contributed by atoms with van der Waals surface area (Å²) in [6, 6.07) is 0.571. The topological polar surface area (TPSA) is 55.6 Å². The standard InChI is InChI=1S/C12H22N2O2.ClH/c1-12(2,3)16-11(15)14-9-5-4-8(6-9)10(14)7-13;/h8-10H,4-7,13H2,1-3H3;1H. The van der Waals surface area contributed by atoms with Crippen LogP contribution in [0.5, 0.6) is 0 Å². The Labute approximate surface area is 109 Å². The number of nitrogens with zero attached hydrogens (tertiary/aromatic N) is 1. The van der Waals surface area contributed by atoms with Crippen molar-refractivity contribution in [3.05, 3.63) is 0 Å². The minimum Gasteiger partial charge on any atom is -0.444 e. The first kappa shape index (κ1) is 14.6. The second-order valence-corrected chi connectivity index (χ2v) is 5.92. The molecule has 2 N–H and O–H groups in total. The maximum absolute atomic E-state index is 12.1. The fourth-order valence-corrected chi connectivity index (χ4v) is 3.00. The zero-order valence-corrected chi connectivity index (χ0v) is 11.6. The van der Waals surface area contributed by atoms with Gasteiger partial charge in [0.05, 0.1) is 6.04 Å². The van der Waals surface area contributed by atoms with Crippen LogP contribution in [0.4, 0.5) is 4.79 Å². The van der Waals surface area contributed by atoms with E-state index < -0.39 is 5.60 Å². The molecule has 3 unspecified atom stereocenters. The van der Waals surface area contributed by atoms with Gasteiger partial charge in [0.15, 0.2) is 0 Å². The molecule has 2 rings (SSSR count). The second-order valence-electron chi connectivity index (χ2n) is 5.92. The van der Waals surface area contributed by atoms with Gasteiger partial charge in [0.25, 0.3) is 0 Å². The van der Waals surface area contributed by atoms with Crippen LogP contribution in [0.25, 0.3) is 0 Å². The van der Waals surface area contributed by atoms with E-state index in [4.69, 9.17) is 10.5 Å². The van der Waals surface area contributed by atoms with Crippen LogP contribution >= 0.6 is 12.4 Å². The highest BCUT2D eigenvalue weighted by Crippen LogP contribution is 2.42. The summed E-state index contributed by atoms with van der Waals surface area (Å²) < 4.78 is 5.44. The van der Waals surface area contributed by atoms with Gasteiger partial charge < -0.3 is 15.4 Å². The average molecular weight is 263 g/mol. The van der Waals surface area contributed by atoms with Crippen LogP contribution in [0.2, 0.25) is 0 Å².